The van der Waals surface area contributed by atoms with Gasteiger partial charge in [0.05, 0.1) is 0 Å². The van der Waals surface area contributed by atoms with Crippen LogP contribution in [0.2, 0.25) is 0 Å². The first-order valence-corrected chi connectivity index (χ1v) is 5.63. The van der Waals surface area contributed by atoms with Crippen LogP contribution in [-0.2, 0) is 11.2 Å². The molecule has 1 aliphatic carbocycles. The Labute approximate surface area is 90.7 Å². The topological polar surface area (TPSA) is 30.0 Å². The van der Waals surface area contributed by atoms with E-state index in [0.29, 0.717) is 12.2 Å². The molecule has 1 aliphatic rings. The molecule has 15 heavy (non-hydrogen) atoms. The molecule has 0 unspecified atom stereocenters. The van der Waals surface area contributed by atoms with E-state index in [0.717, 1.165) is 18.4 Å². The van der Waals surface area contributed by atoms with E-state index in [1.165, 1.54) is 12.8 Å². The quantitative estimate of drug-likeness (QED) is 0.756. The van der Waals surface area contributed by atoms with E-state index in [-0.39, 0.29) is 5.41 Å². The number of hydrogen-bond donors (Lipinski definition) is 0. The van der Waals surface area contributed by atoms with Crippen LogP contribution in [0.5, 0.6) is 0 Å². The molecule has 2 nitrogen and oxygen atoms in total. The minimum atomic E-state index is -0.0597. The van der Waals surface area contributed by atoms with Gasteiger partial charge in [0.15, 0.2) is 0 Å². The fraction of sp³-hybridized carbons (Fsp3) is 0.538. The zero-order valence-electron chi connectivity index (χ0n) is 9.20. The summed E-state index contributed by atoms with van der Waals surface area (Å²) in [6, 6.07) is 3.86. The number of pyridine rings is 1. The molecular formula is C13H17NO. The second-order valence-corrected chi connectivity index (χ2v) is 4.73. The Bertz CT molecular complexity index is 339. The molecule has 0 saturated heterocycles. The fourth-order valence-electron chi connectivity index (χ4n) is 2.34. The van der Waals surface area contributed by atoms with Gasteiger partial charge in [-0.1, -0.05) is 25.8 Å². The van der Waals surface area contributed by atoms with Gasteiger partial charge in [0.1, 0.15) is 5.78 Å². The zero-order chi connectivity index (χ0) is 10.7. The largest absolute Gasteiger partial charge is 0.299 e. The molecule has 1 aromatic heterocycles. The molecule has 1 heterocycles. The van der Waals surface area contributed by atoms with Crippen molar-refractivity contribution in [1.82, 2.24) is 4.98 Å². The van der Waals surface area contributed by atoms with Crippen LogP contribution >= 0.6 is 0 Å². The molecule has 0 spiro atoms. The summed E-state index contributed by atoms with van der Waals surface area (Å²) in [4.78, 5) is 16.1. The molecule has 0 N–H and O–H groups in total. The summed E-state index contributed by atoms with van der Waals surface area (Å²) in [5, 5.41) is 0. The fourth-order valence-corrected chi connectivity index (χ4v) is 2.34. The highest BCUT2D eigenvalue weighted by Crippen LogP contribution is 2.38. The third-order valence-corrected chi connectivity index (χ3v) is 3.47. The Morgan fingerprint density at radius 1 is 1.47 bits per heavy atom. The van der Waals surface area contributed by atoms with Crippen molar-refractivity contribution in [1.29, 1.82) is 0 Å². The second-order valence-electron chi connectivity index (χ2n) is 4.73. The average molecular weight is 203 g/mol. The number of aromatic nitrogens is 1. The lowest BCUT2D eigenvalue weighted by Crippen LogP contribution is -2.25. The standard InChI is InChI=1S/C13H17NO/c1-13(6-2-3-7-13)12(15)9-11-5-4-8-14-10-11/h4-5,8,10H,2-3,6-7,9H2,1H3. The third kappa shape index (κ3) is 2.25. The summed E-state index contributed by atoms with van der Waals surface area (Å²) in [6.45, 7) is 2.11. The van der Waals surface area contributed by atoms with Crippen molar-refractivity contribution in [3.05, 3.63) is 30.1 Å². The number of carbonyl (C=O) groups excluding carboxylic acids is 1. The molecule has 0 bridgehead atoms. The highest BCUT2D eigenvalue weighted by atomic mass is 16.1. The first kappa shape index (κ1) is 10.3. The van der Waals surface area contributed by atoms with Crippen molar-refractivity contribution in [3.8, 4) is 0 Å². The summed E-state index contributed by atoms with van der Waals surface area (Å²) in [6.07, 6.45) is 8.61. The number of hydrogen-bond acceptors (Lipinski definition) is 2. The van der Waals surface area contributed by atoms with Crippen LogP contribution in [0.4, 0.5) is 0 Å². The minimum Gasteiger partial charge on any atom is -0.299 e. The summed E-state index contributed by atoms with van der Waals surface area (Å²) in [5.41, 5.74) is 0.978. The Morgan fingerprint density at radius 2 is 2.20 bits per heavy atom. The van der Waals surface area contributed by atoms with Gasteiger partial charge in [-0.15, -0.1) is 0 Å². The lowest BCUT2D eigenvalue weighted by atomic mass is 9.81. The van der Waals surface area contributed by atoms with Gasteiger partial charge in [-0.05, 0) is 24.5 Å². The monoisotopic (exact) mass is 203 g/mol. The maximum atomic E-state index is 12.1. The van der Waals surface area contributed by atoms with Gasteiger partial charge in [-0.3, -0.25) is 9.78 Å². The zero-order valence-corrected chi connectivity index (χ0v) is 9.20. The molecule has 0 radical (unpaired) electrons. The molecule has 0 aromatic carbocycles. The maximum Gasteiger partial charge on any atom is 0.143 e. The number of nitrogens with zero attached hydrogens (tertiary/aromatic N) is 1. The third-order valence-electron chi connectivity index (χ3n) is 3.47. The molecule has 80 valence electrons. The first-order valence-electron chi connectivity index (χ1n) is 5.63. The van der Waals surface area contributed by atoms with E-state index in [4.69, 9.17) is 0 Å². The van der Waals surface area contributed by atoms with Gasteiger partial charge < -0.3 is 0 Å². The van der Waals surface area contributed by atoms with Crippen molar-refractivity contribution in [2.24, 2.45) is 5.41 Å². The highest BCUT2D eigenvalue weighted by Gasteiger charge is 2.35. The molecule has 2 heteroatoms. The smallest absolute Gasteiger partial charge is 0.143 e. The molecule has 1 saturated carbocycles. The van der Waals surface area contributed by atoms with E-state index >= 15 is 0 Å². The lowest BCUT2D eigenvalue weighted by molar-refractivity contribution is -0.126. The van der Waals surface area contributed by atoms with Gasteiger partial charge in [0, 0.05) is 24.2 Å². The summed E-state index contributed by atoms with van der Waals surface area (Å²) < 4.78 is 0. The van der Waals surface area contributed by atoms with Crippen LogP contribution in [0, 0.1) is 5.41 Å². The number of rotatable bonds is 3. The number of ketones is 1. The van der Waals surface area contributed by atoms with E-state index in [1.54, 1.807) is 12.4 Å². The Morgan fingerprint density at radius 3 is 2.80 bits per heavy atom. The summed E-state index contributed by atoms with van der Waals surface area (Å²) in [5.74, 6) is 0.382. The van der Waals surface area contributed by atoms with Crippen LogP contribution in [-0.4, -0.2) is 10.8 Å². The van der Waals surface area contributed by atoms with Crippen LogP contribution in [0.3, 0.4) is 0 Å². The Kier molecular flexibility index (Phi) is 2.85. The molecule has 1 fully saturated rings. The van der Waals surface area contributed by atoms with Gasteiger partial charge >= 0.3 is 0 Å². The van der Waals surface area contributed by atoms with E-state index in [1.807, 2.05) is 12.1 Å². The molecule has 0 aliphatic heterocycles. The first-order chi connectivity index (χ1) is 7.21. The lowest BCUT2D eigenvalue weighted by Gasteiger charge is -2.21. The predicted molar refractivity (Wildman–Crippen MR) is 59.5 cm³/mol. The van der Waals surface area contributed by atoms with Crippen molar-refractivity contribution < 1.29 is 4.79 Å². The molecule has 2 rings (SSSR count). The summed E-state index contributed by atoms with van der Waals surface area (Å²) in [7, 11) is 0. The van der Waals surface area contributed by atoms with Crippen molar-refractivity contribution in [3.63, 3.8) is 0 Å². The highest BCUT2D eigenvalue weighted by molar-refractivity contribution is 5.86. The molecule has 0 amide bonds. The van der Waals surface area contributed by atoms with E-state index in [9.17, 15) is 4.79 Å². The summed E-state index contributed by atoms with van der Waals surface area (Å²) >= 11 is 0. The Balaban J connectivity index is 2.04. The minimum absolute atomic E-state index is 0.0597. The predicted octanol–water partition coefficient (Wildman–Crippen LogP) is 2.77. The van der Waals surface area contributed by atoms with Crippen molar-refractivity contribution in [2.45, 2.75) is 39.0 Å². The molecular weight excluding hydrogens is 186 g/mol. The van der Waals surface area contributed by atoms with Gasteiger partial charge in [0.25, 0.3) is 0 Å². The normalized spacial score (nSPS) is 19.0. The van der Waals surface area contributed by atoms with Crippen molar-refractivity contribution in [2.75, 3.05) is 0 Å². The molecule has 0 atom stereocenters. The van der Waals surface area contributed by atoms with E-state index in [2.05, 4.69) is 11.9 Å². The van der Waals surface area contributed by atoms with Gasteiger partial charge in [0.2, 0.25) is 0 Å². The van der Waals surface area contributed by atoms with Crippen LogP contribution < -0.4 is 0 Å². The van der Waals surface area contributed by atoms with Crippen LogP contribution in [0.1, 0.15) is 38.2 Å². The average Bonchev–Trinajstić information content (AvgIpc) is 2.68. The van der Waals surface area contributed by atoms with Crippen LogP contribution in [0.15, 0.2) is 24.5 Å². The molecule has 1 aromatic rings. The second kappa shape index (κ2) is 4.13. The maximum absolute atomic E-state index is 12.1. The van der Waals surface area contributed by atoms with Crippen molar-refractivity contribution >= 4 is 5.78 Å². The van der Waals surface area contributed by atoms with E-state index < -0.39 is 0 Å². The number of Topliss-reactive ketones (excluding diaryl/α,β-unsaturated/α-hetero) is 1. The van der Waals surface area contributed by atoms with Crippen LogP contribution in [0.25, 0.3) is 0 Å². The van der Waals surface area contributed by atoms with Gasteiger partial charge in [-0.2, -0.15) is 0 Å². The van der Waals surface area contributed by atoms with Gasteiger partial charge in [-0.25, -0.2) is 0 Å². The Hall–Kier alpha value is -1.18. The number of carbonyl (C=O) groups is 1. The SMILES string of the molecule is CC1(C(=O)Cc2cccnc2)CCCC1.